The van der Waals surface area contributed by atoms with Crippen LogP contribution >= 0.6 is 0 Å². The summed E-state index contributed by atoms with van der Waals surface area (Å²) in [6, 6.07) is 0.583. The number of hydrogen-bond donors (Lipinski definition) is 1. The molecule has 3 heteroatoms. The number of nitrogens with zero attached hydrogens (tertiary/aromatic N) is 2. The lowest BCUT2D eigenvalue weighted by molar-refractivity contribution is 0.00342. The predicted octanol–water partition coefficient (Wildman–Crippen LogP) is 2.56. The fourth-order valence-corrected chi connectivity index (χ4v) is 4.11. The van der Waals surface area contributed by atoms with Crippen LogP contribution in [0.4, 0.5) is 0 Å². The standard InChI is InChI=1S/C16H35N3/c1-6-15-9-8-10-16(11-15,13-17)19(7-2)14(3)12-18(4)5/h14-15H,6-13,17H2,1-5H3. The molecule has 1 rings (SSSR count). The summed E-state index contributed by atoms with van der Waals surface area (Å²) in [6.45, 7) is 10.0. The number of likely N-dealkylation sites (N-methyl/N-ethyl adjacent to an activating group) is 2. The van der Waals surface area contributed by atoms with Crippen molar-refractivity contribution in [2.45, 2.75) is 64.5 Å². The van der Waals surface area contributed by atoms with Crippen molar-refractivity contribution in [2.75, 3.05) is 33.7 Å². The lowest BCUT2D eigenvalue weighted by Crippen LogP contribution is -2.60. The Morgan fingerprint density at radius 3 is 2.47 bits per heavy atom. The highest BCUT2D eigenvalue weighted by molar-refractivity contribution is 4.98. The summed E-state index contributed by atoms with van der Waals surface area (Å²) in [4.78, 5) is 4.98. The minimum Gasteiger partial charge on any atom is -0.329 e. The molecular weight excluding hydrogens is 234 g/mol. The summed E-state index contributed by atoms with van der Waals surface area (Å²) in [5.41, 5.74) is 6.50. The van der Waals surface area contributed by atoms with E-state index in [1.165, 1.54) is 32.1 Å². The normalized spacial score (nSPS) is 30.0. The molecule has 3 atom stereocenters. The van der Waals surface area contributed by atoms with Gasteiger partial charge in [-0.15, -0.1) is 0 Å². The zero-order valence-corrected chi connectivity index (χ0v) is 13.8. The highest BCUT2D eigenvalue weighted by Gasteiger charge is 2.40. The molecule has 114 valence electrons. The summed E-state index contributed by atoms with van der Waals surface area (Å²) < 4.78 is 0. The van der Waals surface area contributed by atoms with E-state index in [9.17, 15) is 0 Å². The van der Waals surface area contributed by atoms with Crippen LogP contribution in [0.1, 0.15) is 52.9 Å². The number of rotatable bonds is 7. The van der Waals surface area contributed by atoms with Crippen molar-refractivity contribution in [1.82, 2.24) is 9.80 Å². The van der Waals surface area contributed by atoms with Gasteiger partial charge in [-0.2, -0.15) is 0 Å². The summed E-state index contributed by atoms with van der Waals surface area (Å²) in [5, 5.41) is 0. The Bertz CT molecular complexity index is 254. The molecule has 0 aromatic heterocycles. The van der Waals surface area contributed by atoms with Gasteiger partial charge in [-0.05, 0) is 46.3 Å². The highest BCUT2D eigenvalue weighted by atomic mass is 15.3. The molecule has 1 saturated carbocycles. The van der Waals surface area contributed by atoms with Crippen LogP contribution in [0.2, 0.25) is 0 Å². The van der Waals surface area contributed by atoms with Gasteiger partial charge in [-0.3, -0.25) is 4.90 Å². The predicted molar refractivity (Wildman–Crippen MR) is 84.4 cm³/mol. The second kappa shape index (κ2) is 7.61. The van der Waals surface area contributed by atoms with Gasteiger partial charge in [0, 0.05) is 24.7 Å². The first kappa shape index (κ1) is 16.9. The van der Waals surface area contributed by atoms with Gasteiger partial charge in [0.1, 0.15) is 0 Å². The smallest absolute Gasteiger partial charge is 0.0337 e. The van der Waals surface area contributed by atoms with Gasteiger partial charge in [0.25, 0.3) is 0 Å². The third-order valence-electron chi connectivity index (χ3n) is 4.99. The fraction of sp³-hybridized carbons (Fsp3) is 1.00. The van der Waals surface area contributed by atoms with E-state index in [1.54, 1.807) is 0 Å². The maximum absolute atomic E-state index is 6.24. The Morgan fingerprint density at radius 2 is 2.00 bits per heavy atom. The lowest BCUT2D eigenvalue weighted by atomic mass is 9.73. The Balaban J connectivity index is 2.83. The number of nitrogens with two attached hydrogens (primary N) is 1. The van der Waals surface area contributed by atoms with Crippen molar-refractivity contribution in [1.29, 1.82) is 0 Å². The molecule has 0 aromatic rings. The van der Waals surface area contributed by atoms with E-state index in [0.717, 1.165) is 25.6 Å². The van der Waals surface area contributed by atoms with E-state index in [-0.39, 0.29) is 5.54 Å². The third-order valence-corrected chi connectivity index (χ3v) is 4.99. The molecule has 0 aliphatic heterocycles. The van der Waals surface area contributed by atoms with Crippen LogP contribution in [0.15, 0.2) is 0 Å². The molecule has 19 heavy (non-hydrogen) atoms. The quantitative estimate of drug-likeness (QED) is 0.771. The zero-order chi connectivity index (χ0) is 14.5. The summed E-state index contributed by atoms with van der Waals surface area (Å²) in [6.07, 6.45) is 6.64. The third kappa shape index (κ3) is 4.17. The molecule has 1 fully saturated rings. The van der Waals surface area contributed by atoms with E-state index in [0.29, 0.717) is 6.04 Å². The maximum Gasteiger partial charge on any atom is 0.0337 e. The molecule has 0 saturated heterocycles. The van der Waals surface area contributed by atoms with Crippen LogP contribution in [-0.4, -0.2) is 55.1 Å². The van der Waals surface area contributed by atoms with Crippen LogP contribution < -0.4 is 5.73 Å². The van der Waals surface area contributed by atoms with Crippen molar-refractivity contribution in [3.63, 3.8) is 0 Å². The zero-order valence-electron chi connectivity index (χ0n) is 13.8. The van der Waals surface area contributed by atoms with Crippen molar-refractivity contribution in [2.24, 2.45) is 11.7 Å². The minimum absolute atomic E-state index is 0.253. The minimum atomic E-state index is 0.253. The van der Waals surface area contributed by atoms with Gasteiger partial charge < -0.3 is 10.6 Å². The van der Waals surface area contributed by atoms with Gasteiger partial charge in [0.2, 0.25) is 0 Å². The summed E-state index contributed by atoms with van der Waals surface area (Å²) in [7, 11) is 4.32. The van der Waals surface area contributed by atoms with Gasteiger partial charge in [0.05, 0.1) is 0 Å². The van der Waals surface area contributed by atoms with E-state index >= 15 is 0 Å². The average molecular weight is 269 g/mol. The molecule has 0 spiro atoms. The van der Waals surface area contributed by atoms with Gasteiger partial charge in [0.15, 0.2) is 0 Å². The van der Waals surface area contributed by atoms with Gasteiger partial charge in [-0.25, -0.2) is 0 Å². The molecule has 0 aromatic carbocycles. The molecule has 1 aliphatic carbocycles. The van der Waals surface area contributed by atoms with Crippen LogP contribution in [0.25, 0.3) is 0 Å². The second-order valence-electron chi connectivity index (χ2n) is 6.70. The van der Waals surface area contributed by atoms with Crippen LogP contribution in [0.3, 0.4) is 0 Å². The van der Waals surface area contributed by atoms with Crippen molar-refractivity contribution in [3.05, 3.63) is 0 Å². The SMILES string of the molecule is CCC1CCCC(CN)(N(CC)C(C)CN(C)C)C1. The van der Waals surface area contributed by atoms with Crippen LogP contribution in [0.5, 0.6) is 0 Å². The highest BCUT2D eigenvalue weighted by Crippen LogP contribution is 2.38. The lowest BCUT2D eigenvalue weighted by Gasteiger charge is -2.51. The van der Waals surface area contributed by atoms with E-state index < -0.39 is 0 Å². The van der Waals surface area contributed by atoms with Gasteiger partial charge >= 0.3 is 0 Å². The Morgan fingerprint density at radius 1 is 1.32 bits per heavy atom. The van der Waals surface area contributed by atoms with Gasteiger partial charge in [-0.1, -0.05) is 33.1 Å². The van der Waals surface area contributed by atoms with Crippen LogP contribution in [-0.2, 0) is 0 Å². The largest absolute Gasteiger partial charge is 0.329 e. The molecule has 2 N–H and O–H groups in total. The van der Waals surface area contributed by atoms with E-state index in [2.05, 4.69) is 44.7 Å². The topological polar surface area (TPSA) is 32.5 Å². The van der Waals surface area contributed by atoms with Crippen LogP contribution in [0, 0.1) is 5.92 Å². The summed E-state index contributed by atoms with van der Waals surface area (Å²) >= 11 is 0. The maximum atomic E-state index is 6.24. The first-order valence-electron chi connectivity index (χ1n) is 8.10. The molecular formula is C16H35N3. The first-order valence-corrected chi connectivity index (χ1v) is 8.10. The van der Waals surface area contributed by atoms with Crippen molar-refractivity contribution < 1.29 is 0 Å². The Hall–Kier alpha value is -0.120. The fourth-order valence-electron chi connectivity index (χ4n) is 4.11. The monoisotopic (exact) mass is 269 g/mol. The summed E-state index contributed by atoms with van der Waals surface area (Å²) in [5.74, 6) is 0.873. The molecule has 3 unspecified atom stereocenters. The van der Waals surface area contributed by atoms with E-state index in [4.69, 9.17) is 5.73 Å². The molecule has 3 nitrogen and oxygen atoms in total. The second-order valence-corrected chi connectivity index (χ2v) is 6.70. The number of hydrogen-bond acceptors (Lipinski definition) is 3. The first-order chi connectivity index (χ1) is 8.99. The molecule has 0 bridgehead atoms. The van der Waals surface area contributed by atoms with E-state index in [1.807, 2.05) is 0 Å². The molecule has 1 aliphatic rings. The van der Waals surface area contributed by atoms with Crippen molar-refractivity contribution in [3.8, 4) is 0 Å². The Kier molecular flexibility index (Phi) is 6.78. The Labute approximate surface area is 120 Å². The molecule has 0 amide bonds. The average Bonchev–Trinajstić information content (AvgIpc) is 2.38. The van der Waals surface area contributed by atoms with Crippen molar-refractivity contribution >= 4 is 0 Å². The molecule has 0 heterocycles. The molecule has 0 radical (unpaired) electrons.